The fourth-order valence-corrected chi connectivity index (χ4v) is 5.62. The normalized spacial score (nSPS) is 17.5. The molecule has 2 saturated heterocycles. The molecular formula is C35H45N3O5. The Kier molecular flexibility index (Phi) is 10.3. The predicted octanol–water partition coefficient (Wildman–Crippen LogP) is 7.12. The van der Waals surface area contributed by atoms with Gasteiger partial charge in [-0.15, -0.1) is 0 Å². The smallest absolute Gasteiger partial charge is 0.410 e. The van der Waals surface area contributed by atoms with Gasteiger partial charge in [0.05, 0.1) is 30.7 Å². The van der Waals surface area contributed by atoms with Crippen molar-refractivity contribution in [2.75, 3.05) is 37.7 Å². The SMILES string of the molecule is CC(C)(C)OC(=O)N1CCC[C@H]1COc1cncc(N2CCC(CCOc3ccc(OCc4ccccc4)cc3)CC2)c1. The summed E-state index contributed by atoms with van der Waals surface area (Å²) in [6.07, 6.45) is 8.55. The Morgan fingerprint density at radius 2 is 1.58 bits per heavy atom. The fraction of sp³-hybridized carbons (Fsp3) is 0.486. The van der Waals surface area contributed by atoms with E-state index in [1.54, 1.807) is 11.1 Å². The second-order valence-electron chi connectivity index (χ2n) is 12.5. The number of amides is 1. The average Bonchev–Trinajstić information content (AvgIpc) is 3.49. The van der Waals surface area contributed by atoms with Gasteiger partial charge in [0.1, 0.15) is 36.1 Å². The first kappa shape index (κ1) is 30.5. The van der Waals surface area contributed by atoms with Crippen molar-refractivity contribution in [3.05, 3.63) is 78.6 Å². The van der Waals surface area contributed by atoms with Gasteiger partial charge >= 0.3 is 6.09 Å². The van der Waals surface area contributed by atoms with Crippen molar-refractivity contribution in [2.45, 2.75) is 71.1 Å². The molecule has 1 atom stereocenters. The Labute approximate surface area is 255 Å². The van der Waals surface area contributed by atoms with Gasteiger partial charge in [0.15, 0.2) is 0 Å². The highest BCUT2D eigenvalue weighted by Crippen LogP contribution is 2.28. The van der Waals surface area contributed by atoms with Crippen LogP contribution in [0.3, 0.4) is 0 Å². The second kappa shape index (κ2) is 14.5. The molecule has 0 N–H and O–H groups in total. The lowest BCUT2D eigenvalue weighted by molar-refractivity contribution is 0.0187. The van der Waals surface area contributed by atoms with Gasteiger partial charge in [-0.2, -0.15) is 0 Å². The van der Waals surface area contributed by atoms with Crippen LogP contribution in [-0.2, 0) is 11.3 Å². The minimum Gasteiger partial charge on any atom is -0.494 e. The highest BCUT2D eigenvalue weighted by molar-refractivity contribution is 5.69. The zero-order valence-electron chi connectivity index (χ0n) is 25.7. The molecule has 0 saturated carbocycles. The number of carbonyl (C=O) groups is 1. The van der Waals surface area contributed by atoms with Gasteiger partial charge in [0, 0.05) is 25.7 Å². The lowest BCUT2D eigenvalue weighted by Gasteiger charge is -2.33. The maximum atomic E-state index is 12.6. The minimum absolute atomic E-state index is 0.0161. The standard InChI is InChI=1S/C35H45N3O5/c1-35(2,3)43-34(39)38-18-7-10-29(38)26-42-33-22-30(23-36-24-33)37-19-15-27(16-20-37)17-21-40-31-11-13-32(14-12-31)41-25-28-8-5-4-6-9-28/h4-6,8-9,11-14,22-24,27,29H,7,10,15-21,25-26H2,1-3H3/t29-/m0/s1. The molecular weight excluding hydrogens is 542 g/mol. The molecule has 2 aliphatic rings. The number of hydrogen-bond donors (Lipinski definition) is 0. The molecule has 8 nitrogen and oxygen atoms in total. The molecule has 230 valence electrons. The van der Waals surface area contributed by atoms with E-state index in [4.69, 9.17) is 18.9 Å². The van der Waals surface area contributed by atoms with Crippen LogP contribution in [0.5, 0.6) is 17.2 Å². The molecule has 0 radical (unpaired) electrons. The fourth-order valence-electron chi connectivity index (χ4n) is 5.62. The highest BCUT2D eigenvalue weighted by Gasteiger charge is 2.32. The first-order valence-electron chi connectivity index (χ1n) is 15.5. The molecule has 5 rings (SSSR count). The molecule has 8 heteroatoms. The largest absolute Gasteiger partial charge is 0.494 e. The van der Waals surface area contributed by atoms with Crippen molar-refractivity contribution < 1.29 is 23.7 Å². The summed E-state index contributed by atoms with van der Waals surface area (Å²) in [5, 5.41) is 0. The summed E-state index contributed by atoms with van der Waals surface area (Å²) in [5.41, 5.74) is 1.73. The van der Waals surface area contributed by atoms with Crippen LogP contribution < -0.4 is 19.1 Å². The number of hydrogen-bond acceptors (Lipinski definition) is 7. The summed E-state index contributed by atoms with van der Waals surface area (Å²) in [6, 6.07) is 20.1. The zero-order valence-corrected chi connectivity index (χ0v) is 25.7. The molecule has 2 fully saturated rings. The van der Waals surface area contributed by atoms with Crippen LogP contribution in [0.15, 0.2) is 73.1 Å². The summed E-state index contributed by atoms with van der Waals surface area (Å²) in [6.45, 7) is 10.1. The number of benzene rings is 2. The number of nitrogens with zero attached hydrogens (tertiary/aromatic N) is 3. The van der Waals surface area contributed by atoms with Gasteiger partial charge in [-0.3, -0.25) is 4.98 Å². The van der Waals surface area contributed by atoms with E-state index in [0.29, 0.717) is 32.3 Å². The van der Waals surface area contributed by atoms with Crippen LogP contribution in [-0.4, -0.2) is 60.5 Å². The lowest BCUT2D eigenvalue weighted by Crippen LogP contribution is -2.42. The van der Waals surface area contributed by atoms with E-state index in [9.17, 15) is 4.79 Å². The molecule has 0 bridgehead atoms. The predicted molar refractivity (Wildman–Crippen MR) is 168 cm³/mol. The van der Waals surface area contributed by atoms with Gasteiger partial charge in [0.25, 0.3) is 0 Å². The van der Waals surface area contributed by atoms with E-state index in [2.05, 4.69) is 28.1 Å². The molecule has 3 aromatic rings. The first-order valence-corrected chi connectivity index (χ1v) is 15.5. The van der Waals surface area contributed by atoms with Crippen LogP contribution in [0.2, 0.25) is 0 Å². The minimum atomic E-state index is -0.505. The van der Waals surface area contributed by atoms with E-state index >= 15 is 0 Å². The van der Waals surface area contributed by atoms with E-state index in [0.717, 1.165) is 73.7 Å². The number of pyridine rings is 1. The molecule has 2 aromatic carbocycles. The van der Waals surface area contributed by atoms with Crippen molar-refractivity contribution >= 4 is 11.8 Å². The van der Waals surface area contributed by atoms with E-state index in [1.807, 2.05) is 69.4 Å². The quantitative estimate of drug-likeness (QED) is 0.236. The van der Waals surface area contributed by atoms with Gasteiger partial charge in [-0.25, -0.2) is 4.79 Å². The van der Waals surface area contributed by atoms with Gasteiger partial charge in [-0.05, 0) is 88.6 Å². The van der Waals surface area contributed by atoms with Crippen molar-refractivity contribution in [3.8, 4) is 17.2 Å². The number of anilines is 1. The second-order valence-corrected chi connectivity index (χ2v) is 12.5. The molecule has 0 aliphatic carbocycles. The molecule has 0 unspecified atom stereocenters. The Morgan fingerprint density at radius 3 is 2.30 bits per heavy atom. The number of rotatable bonds is 11. The average molecular weight is 588 g/mol. The third-order valence-electron chi connectivity index (χ3n) is 7.99. The number of likely N-dealkylation sites (tertiary alicyclic amines) is 1. The Morgan fingerprint density at radius 1 is 0.860 bits per heavy atom. The van der Waals surface area contributed by atoms with Crippen LogP contribution in [0.4, 0.5) is 10.5 Å². The summed E-state index contributed by atoms with van der Waals surface area (Å²) in [4.78, 5) is 21.2. The molecule has 0 spiro atoms. The number of carbonyl (C=O) groups excluding carboxylic acids is 1. The number of ether oxygens (including phenoxy) is 4. The maximum absolute atomic E-state index is 12.6. The molecule has 1 amide bonds. The van der Waals surface area contributed by atoms with Gasteiger partial charge in [0.2, 0.25) is 0 Å². The Hall–Kier alpha value is -3.94. The van der Waals surface area contributed by atoms with Crippen LogP contribution in [0, 0.1) is 5.92 Å². The Balaban J connectivity index is 1.01. The highest BCUT2D eigenvalue weighted by atomic mass is 16.6. The van der Waals surface area contributed by atoms with Crippen molar-refractivity contribution in [1.29, 1.82) is 0 Å². The topological polar surface area (TPSA) is 73.4 Å². The molecule has 3 heterocycles. The van der Waals surface area contributed by atoms with Gasteiger partial charge < -0.3 is 28.7 Å². The maximum Gasteiger partial charge on any atom is 0.410 e. The third kappa shape index (κ3) is 9.27. The van der Waals surface area contributed by atoms with Crippen LogP contribution >= 0.6 is 0 Å². The van der Waals surface area contributed by atoms with Crippen molar-refractivity contribution in [3.63, 3.8) is 0 Å². The summed E-state index contributed by atoms with van der Waals surface area (Å²) < 4.78 is 23.6. The lowest BCUT2D eigenvalue weighted by atomic mass is 9.94. The van der Waals surface area contributed by atoms with Crippen LogP contribution in [0.25, 0.3) is 0 Å². The van der Waals surface area contributed by atoms with Crippen LogP contribution in [0.1, 0.15) is 58.4 Å². The first-order chi connectivity index (χ1) is 20.8. The number of aromatic nitrogens is 1. The van der Waals surface area contributed by atoms with Gasteiger partial charge in [-0.1, -0.05) is 30.3 Å². The molecule has 43 heavy (non-hydrogen) atoms. The number of piperidine rings is 1. The third-order valence-corrected chi connectivity index (χ3v) is 7.99. The van der Waals surface area contributed by atoms with E-state index in [1.165, 1.54) is 0 Å². The summed E-state index contributed by atoms with van der Waals surface area (Å²) >= 11 is 0. The zero-order chi connectivity index (χ0) is 30.1. The molecule has 1 aromatic heterocycles. The van der Waals surface area contributed by atoms with Crippen molar-refractivity contribution in [1.82, 2.24) is 9.88 Å². The van der Waals surface area contributed by atoms with E-state index in [-0.39, 0.29) is 12.1 Å². The van der Waals surface area contributed by atoms with E-state index < -0.39 is 5.60 Å². The summed E-state index contributed by atoms with van der Waals surface area (Å²) in [5.74, 6) is 3.09. The summed E-state index contributed by atoms with van der Waals surface area (Å²) in [7, 11) is 0. The molecule has 2 aliphatic heterocycles. The monoisotopic (exact) mass is 587 g/mol. The van der Waals surface area contributed by atoms with Crippen molar-refractivity contribution in [2.24, 2.45) is 5.92 Å². The Bertz CT molecular complexity index is 1290.